The highest BCUT2D eigenvalue weighted by atomic mass is 35.5. The molecule has 21 heavy (non-hydrogen) atoms. The molecule has 0 aliphatic carbocycles. The van der Waals surface area contributed by atoms with E-state index in [-0.39, 0.29) is 0 Å². The van der Waals surface area contributed by atoms with Gasteiger partial charge in [0, 0.05) is 10.6 Å². The fourth-order valence-electron chi connectivity index (χ4n) is 2.08. The SMILES string of the molecule is NC(=O)c1cc(-c2ccc(Cl)cc2)nn1-c1ccccc1. The fraction of sp³-hybridized carbons (Fsp3) is 0. The van der Waals surface area contributed by atoms with Gasteiger partial charge in [-0.25, -0.2) is 4.68 Å². The van der Waals surface area contributed by atoms with E-state index in [9.17, 15) is 4.79 Å². The van der Waals surface area contributed by atoms with Gasteiger partial charge in [-0.3, -0.25) is 4.79 Å². The average Bonchev–Trinajstić information content (AvgIpc) is 2.94. The molecule has 0 fully saturated rings. The smallest absolute Gasteiger partial charge is 0.267 e. The first-order valence-electron chi connectivity index (χ1n) is 6.36. The Labute approximate surface area is 126 Å². The highest BCUT2D eigenvalue weighted by Gasteiger charge is 2.15. The minimum absolute atomic E-state index is 0.339. The zero-order valence-corrected chi connectivity index (χ0v) is 11.8. The van der Waals surface area contributed by atoms with Crippen LogP contribution in [0.5, 0.6) is 0 Å². The molecule has 104 valence electrons. The fourth-order valence-corrected chi connectivity index (χ4v) is 2.21. The molecule has 0 bridgehead atoms. The molecule has 2 aromatic carbocycles. The number of hydrogen-bond acceptors (Lipinski definition) is 2. The average molecular weight is 298 g/mol. The summed E-state index contributed by atoms with van der Waals surface area (Å²) in [5.74, 6) is -0.522. The lowest BCUT2D eigenvalue weighted by atomic mass is 10.1. The number of hydrogen-bond donors (Lipinski definition) is 1. The van der Waals surface area contributed by atoms with Crippen LogP contribution in [0.3, 0.4) is 0 Å². The molecule has 1 amide bonds. The molecule has 0 saturated heterocycles. The van der Waals surface area contributed by atoms with E-state index < -0.39 is 5.91 Å². The number of para-hydroxylation sites is 1. The first-order chi connectivity index (χ1) is 10.1. The van der Waals surface area contributed by atoms with E-state index in [1.807, 2.05) is 42.5 Å². The maximum atomic E-state index is 11.6. The lowest BCUT2D eigenvalue weighted by molar-refractivity contribution is 0.0993. The van der Waals surface area contributed by atoms with Crippen LogP contribution in [-0.2, 0) is 0 Å². The number of aromatic nitrogens is 2. The summed E-state index contributed by atoms with van der Waals surface area (Å²) in [7, 11) is 0. The Morgan fingerprint density at radius 3 is 2.33 bits per heavy atom. The van der Waals surface area contributed by atoms with Crippen LogP contribution in [0.2, 0.25) is 5.02 Å². The third-order valence-electron chi connectivity index (χ3n) is 3.10. The number of halogens is 1. The quantitative estimate of drug-likeness (QED) is 0.806. The van der Waals surface area contributed by atoms with Gasteiger partial charge in [-0.1, -0.05) is 41.9 Å². The van der Waals surface area contributed by atoms with Gasteiger partial charge in [0.2, 0.25) is 0 Å². The van der Waals surface area contributed by atoms with Gasteiger partial charge in [0.1, 0.15) is 5.69 Å². The van der Waals surface area contributed by atoms with Crippen LogP contribution in [0.25, 0.3) is 16.9 Å². The zero-order valence-electron chi connectivity index (χ0n) is 11.0. The Morgan fingerprint density at radius 2 is 1.71 bits per heavy atom. The first kappa shape index (κ1) is 13.4. The van der Waals surface area contributed by atoms with E-state index in [0.717, 1.165) is 11.3 Å². The Hall–Kier alpha value is -2.59. The number of nitrogens with two attached hydrogens (primary N) is 1. The molecule has 0 unspecified atom stereocenters. The Morgan fingerprint density at radius 1 is 1.05 bits per heavy atom. The summed E-state index contributed by atoms with van der Waals surface area (Å²) >= 11 is 5.88. The number of carbonyl (C=O) groups excluding carboxylic acids is 1. The number of nitrogens with zero attached hydrogens (tertiary/aromatic N) is 2. The molecule has 0 aliphatic rings. The molecule has 3 rings (SSSR count). The topological polar surface area (TPSA) is 60.9 Å². The van der Waals surface area contributed by atoms with Gasteiger partial charge in [-0.15, -0.1) is 0 Å². The summed E-state index contributed by atoms with van der Waals surface area (Å²) in [6.07, 6.45) is 0. The van der Waals surface area contributed by atoms with Crippen LogP contribution in [0.15, 0.2) is 60.7 Å². The minimum Gasteiger partial charge on any atom is -0.364 e. The number of primary amides is 1. The summed E-state index contributed by atoms with van der Waals surface area (Å²) in [5.41, 5.74) is 8.11. The molecule has 3 aromatic rings. The predicted molar refractivity (Wildman–Crippen MR) is 82.5 cm³/mol. The normalized spacial score (nSPS) is 10.5. The molecule has 1 heterocycles. The lowest BCUT2D eigenvalue weighted by Gasteiger charge is -2.03. The number of amides is 1. The van der Waals surface area contributed by atoms with Crippen molar-refractivity contribution >= 4 is 17.5 Å². The van der Waals surface area contributed by atoms with Crippen molar-refractivity contribution in [3.05, 3.63) is 71.4 Å². The van der Waals surface area contributed by atoms with Crippen molar-refractivity contribution in [1.29, 1.82) is 0 Å². The zero-order chi connectivity index (χ0) is 14.8. The standard InChI is InChI=1S/C16H12ClN3O/c17-12-8-6-11(7-9-12)14-10-15(16(18)21)20(19-14)13-4-2-1-3-5-13/h1-10H,(H2,18,21). The third-order valence-corrected chi connectivity index (χ3v) is 3.35. The van der Waals surface area contributed by atoms with E-state index in [0.29, 0.717) is 16.4 Å². The van der Waals surface area contributed by atoms with E-state index in [2.05, 4.69) is 5.10 Å². The molecule has 0 spiro atoms. The molecule has 1 aromatic heterocycles. The van der Waals surface area contributed by atoms with Crippen molar-refractivity contribution in [1.82, 2.24) is 9.78 Å². The Kier molecular flexibility index (Phi) is 3.46. The Balaban J connectivity index is 2.13. The van der Waals surface area contributed by atoms with Crippen LogP contribution >= 0.6 is 11.6 Å². The first-order valence-corrected chi connectivity index (χ1v) is 6.74. The second-order valence-corrected chi connectivity index (χ2v) is 4.97. The van der Waals surface area contributed by atoms with Crippen LogP contribution in [0.4, 0.5) is 0 Å². The molecule has 0 atom stereocenters. The summed E-state index contributed by atoms with van der Waals surface area (Å²) in [4.78, 5) is 11.6. The minimum atomic E-state index is -0.522. The maximum absolute atomic E-state index is 11.6. The molecular weight excluding hydrogens is 286 g/mol. The number of benzene rings is 2. The monoisotopic (exact) mass is 297 g/mol. The largest absolute Gasteiger partial charge is 0.364 e. The summed E-state index contributed by atoms with van der Waals surface area (Å²) in [6.45, 7) is 0. The van der Waals surface area contributed by atoms with Gasteiger partial charge in [-0.2, -0.15) is 5.10 Å². The lowest BCUT2D eigenvalue weighted by Crippen LogP contribution is -2.16. The molecule has 4 nitrogen and oxygen atoms in total. The van der Waals surface area contributed by atoms with Crippen LogP contribution < -0.4 is 5.73 Å². The third kappa shape index (κ3) is 2.66. The van der Waals surface area contributed by atoms with Crippen molar-refractivity contribution in [2.75, 3.05) is 0 Å². The molecular formula is C16H12ClN3O. The maximum Gasteiger partial charge on any atom is 0.267 e. The van der Waals surface area contributed by atoms with Gasteiger partial charge in [0.05, 0.1) is 11.4 Å². The summed E-state index contributed by atoms with van der Waals surface area (Å²) in [6, 6.07) is 18.3. The van der Waals surface area contributed by atoms with Gasteiger partial charge >= 0.3 is 0 Å². The van der Waals surface area contributed by atoms with Gasteiger partial charge in [-0.05, 0) is 30.3 Å². The molecule has 0 aliphatic heterocycles. The Bertz CT molecular complexity index is 779. The highest BCUT2D eigenvalue weighted by molar-refractivity contribution is 6.30. The van der Waals surface area contributed by atoms with Crippen LogP contribution in [0.1, 0.15) is 10.5 Å². The van der Waals surface area contributed by atoms with Crippen molar-refractivity contribution in [3.8, 4) is 16.9 Å². The second-order valence-electron chi connectivity index (χ2n) is 4.53. The van der Waals surface area contributed by atoms with Gasteiger partial charge in [0.25, 0.3) is 5.91 Å². The van der Waals surface area contributed by atoms with E-state index in [4.69, 9.17) is 17.3 Å². The molecule has 5 heteroatoms. The van der Waals surface area contributed by atoms with E-state index >= 15 is 0 Å². The van der Waals surface area contributed by atoms with Gasteiger partial charge < -0.3 is 5.73 Å². The van der Waals surface area contributed by atoms with Gasteiger partial charge in [0.15, 0.2) is 0 Å². The number of carbonyl (C=O) groups is 1. The van der Waals surface area contributed by atoms with E-state index in [1.54, 1.807) is 22.9 Å². The van der Waals surface area contributed by atoms with Crippen LogP contribution in [-0.4, -0.2) is 15.7 Å². The molecule has 0 radical (unpaired) electrons. The van der Waals surface area contributed by atoms with E-state index in [1.165, 1.54) is 0 Å². The summed E-state index contributed by atoms with van der Waals surface area (Å²) < 4.78 is 1.55. The van der Waals surface area contributed by atoms with Crippen molar-refractivity contribution in [2.24, 2.45) is 5.73 Å². The highest BCUT2D eigenvalue weighted by Crippen LogP contribution is 2.23. The summed E-state index contributed by atoms with van der Waals surface area (Å²) in [5, 5.41) is 5.12. The van der Waals surface area contributed by atoms with Crippen molar-refractivity contribution in [2.45, 2.75) is 0 Å². The number of rotatable bonds is 3. The second kappa shape index (κ2) is 5.42. The molecule has 0 saturated carbocycles. The van der Waals surface area contributed by atoms with Crippen LogP contribution in [0, 0.1) is 0 Å². The predicted octanol–water partition coefficient (Wildman–Crippen LogP) is 3.29. The molecule has 2 N–H and O–H groups in total. The van der Waals surface area contributed by atoms with Crippen molar-refractivity contribution < 1.29 is 4.79 Å². The van der Waals surface area contributed by atoms with Crippen molar-refractivity contribution in [3.63, 3.8) is 0 Å².